The minimum absolute atomic E-state index is 0.210. The molecule has 0 aliphatic carbocycles. The van der Waals surface area contributed by atoms with Crippen molar-refractivity contribution in [3.8, 4) is 5.75 Å². The Morgan fingerprint density at radius 3 is 2.81 bits per heavy atom. The van der Waals surface area contributed by atoms with Gasteiger partial charge in [-0.25, -0.2) is 4.39 Å². The third-order valence-corrected chi connectivity index (χ3v) is 3.43. The number of rotatable bonds is 4. The van der Waals surface area contributed by atoms with Gasteiger partial charge in [0.05, 0.1) is 5.52 Å². The molecule has 0 unspecified atom stereocenters. The van der Waals surface area contributed by atoms with Gasteiger partial charge < -0.3 is 10.5 Å². The third kappa shape index (κ3) is 2.60. The molecule has 21 heavy (non-hydrogen) atoms. The lowest BCUT2D eigenvalue weighted by atomic mass is 10.2. The maximum Gasteiger partial charge on any atom is 0.165 e. The van der Waals surface area contributed by atoms with Crippen LogP contribution in [0, 0.1) is 5.82 Å². The molecule has 0 aliphatic rings. The maximum atomic E-state index is 13.9. The Balaban J connectivity index is 1.84. The Morgan fingerprint density at radius 1 is 1.24 bits per heavy atom. The minimum atomic E-state index is -0.404. The molecule has 0 atom stereocenters. The quantitative estimate of drug-likeness (QED) is 0.802. The molecular weight excluding hydrogens is 269 g/mol. The summed E-state index contributed by atoms with van der Waals surface area (Å²) < 4.78 is 21.2. The van der Waals surface area contributed by atoms with Crippen LogP contribution in [-0.4, -0.2) is 9.78 Å². The van der Waals surface area contributed by atoms with E-state index in [2.05, 4.69) is 5.10 Å². The molecule has 1 aromatic heterocycles. The number of nitrogens with two attached hydrogens (primary N) is 1. The minimum Gasteiger partial charge on any atom is -0.484 e. The summed E-state index contributed by atoms with van der Waals surface area (Å²) >= 11 is 0. The number of ether oxygens (including phenoxy) is 1. The predicted molar refractivity (Wildman–Crippen MR) is 79.3 cm³/mol. The highest BCUT2D eigenvalue weighted by Crippen LogP contribution is 2.22. The van der Waals surface area contributed by atoms with Gasteiger partial charge >= 0.3 is 0 Å². The highest BCUT2D eigenvalue weighted by Gasteiger charge is 2.10. The average Bonchev–Trinajstić information content (AvgIpc) is 2.83. The van der Waals surface area contributed by atoms with E-state index in [1.807, 2.05) is 31.3 Å². The highest BCUT2D eigenvalue weighted by molar-refractivity contribution is 5.81. The van der Waals surface area contributed by atoms with Gasteiger partial charge in [0.25, 0.3) is 0 Å². The number of aromatic nitrogens is 2. The van der Waals surface area contributed by atoms with Crippen molar-refractivity contribution in [2.75, 3.05) is 0 Å². The van der Waals surface area contributed by atoms with Crippen LogP contribution >= 0.6 is 0 Å². The molecule has 0 saturated carbocycles. The van der Waals surface area contributed by atoms with E-state index in [4.69, 9.17) is 10.5 Å². The number of hydrogen-bond acceptors (Lipinski definition) is 3. The second-order valence-corrected chi connectivity index (χ2v) is 4.85. The monoisotopic (exact) mass is 285 g/mol. The normalized spacial score (nSPS) is 11.0. The van der Waals surface area contributed by atoms with Crippen LogP contribution in [-0.2, 0) is 20.2 Å². The zero-order valence-corrected chi connectivity index (χ0v) is 11.7. The first kappa shape index (κ1) is 13.6. The van der Waals surface area contributed by atoms with E-state index in [0.717, 1.165) is 22.2 Å². The van der Waals surface area contributed by atoms with Crippen LogP contribution in [0.3, 0.4) is 0 Å². The van der Waals surface area contributed by atoms with Crippen LogP contribution in [0.15, 0.2) is 42.5 Å². The Bertz CT molecular complexity index is 782. The Kier molecular flexibility index (Phi) is 3.58. The molecule has 0 fully saturated rings. The largest absolute Gasteiger partial charge is 0.484 e. The van der Waals surface area contributed by atoms with Crippen LogP contribution in [0.25, 0.3) is 10.9 Å². The summed E-state index contributed by atoms with van der Waals surface area (Å²) in [5, 5.41) is 5.43. The number of nitrogens with zero attached hydrogens (tertiary/aromatic N) is 2. The van der Waals surface area contributed by atoms with E-state index in [0.29, 0.717) is 6.54 Å². The van der Waals surface area contributed by atoms with Crippen molar-refractivity contribution in [2.45, 2.75) is 13.2 Å². The van der Waals surface area contributed by atoms with E-state index >= 15 is 0 Å². The van der Waals surface area contributed by atoms with Crippen LogP contribution in [0.5, 0.6) is 5.75 Å². The van der Waals surface area contributed by atoms with Crippen LogP contribution in [0.4, 0.5) is 4.39 Å². The smallest absolute Gasteiger partial charge is 0.165 e. The lowest BCUT2D eigenvalue weighted by molar-refractivity contribution is 0.286. The predicted octanol–water partition coefficient (Wildman–Crippen LogP) is 2.75. The topological polar surface area (TPSA) is 53.1 Å². The summed E-state index contributed by atoms with van der Waals surface area (Å²) in [6.45, 7) is 0.530. The number of aryl methyl sites for hydroxylation is 1. The molecular formula is C16H16FN3O. The van der Waals surface area contributed by atoms with Crippen molar-refractivity contribution >= 4 is 10.9 Å². The highest BCUT2D eigenvalue weighted by atomic mass is 19.1. The number of fused-ring (bicyclic) bond motifs is 1. The van der Waals surface area contributed by atoms with Gasteiger partial charge in [0, 0.05) is 19.0 Å². The molecule has 3 rings (SSSR count). The molecule has 0 spiro atoms. The van der Waals surface area contributed by atoms with Gasteiger partial charge in [-0.2, -0.15) is 5.10 Å². The second kappa shape index (κ2) is 5.54. The number of halogens is 1. The first-order chi connectivity index (χ1) is 10.2. The van der Waals surface area contributed by atoms with Crippen molar-refractivity contribution in [1.29, 1.82) is 0 Å². The standard InChI is InChI=1S/C16H16FN3O/c1-20-15-5-3-2-4-12(15)14(19-20)10-21-16-7-6-11(9-18)8-13(16)17/h2-8H,9-10,18H2,1H3. The van der Waals surface area contributed by atoms with Gasteiger partial charge in [-0.3, -0.25) is 4.68 Å². The Hall–Kier alpha value is -2.40. The molecule has 0 aliphatic heterocycles. The molecule has 0 bridgehead atoms. The van der Waals surface area contributed by atoms with Gasteiger partial charge in [0.15, 0.2) is 11.6 Å². The van der Waals surface area contributed by atoms with Gasteiger partial charge in [-0.1, -0.05) is 24.3 Å². The zero-order chi connectivity index (χ0) is 14.8. The lowest BCUT2D eigenvalue weighted by Gasteiger charge is -2.07. The van der Waals surface area contributed by atoms with Crippen LogP contribution in [0.1, 0.15) is 11.3 Å². The van der Waals surface area contributed by atoms with E-state index in [-0.39, 0.29) is 12.4 Å². The average molecular weight is 285 g/mol. The summed E-state index contributed by atoms with van der Waals surface area (Å²) in [6, 6.07) is 12.6. The van der Waals surface area contributed by atoms with Gasteiger partial charge in [0.1, 0.15) is 12.3 Å². The van der Waals surface area contributed by atoms with E-state index in [9.17, 15) is 4.39 Å². The first-order valence-corrected chi connectivity index (χ1v) is 6.71. The van der Waals surface area contributed by atoms with Gasteiger partial charge in [-0.15, -0.1) is 0 Å². The second-order valence-electron chi connectivity index (χ2n) is 4.85. The van der Waals surface area contributed by atoms with Gasteiger partial charge in [-0.05, 0) is 23.8 Å². The number of hydrogen-bond donors (Lipinski definition) is 1. The molecule has 1 heterocycles. The van der Waals surface area contributed by atoms with E-state index in [1.54, 1.807) is 16.8 Å². The molecule has 0 radical (unpaired) electrons. The molecule has 4 nitrogen and oxygen atoms in total. The van der Waals surface area contributed by atoms with Crippen LogP contribution < -0.4 is 10.5 Å². The van der Waals surface area contributed by atoms with E-state index < -0.39 is 5.82 Å². The summed E-state index contributed by atoms with van der Waals surface area (Å²) in [5.74, 6) is -0.194. The Morgan fingerprint density at radius 2 is 2.05 bits per heavy atom. The molecule has 0 amide bonds. The summed E-state index contributed by atoms with van der Waals surface area (Å²) in [6.07, 6.45) is 0. The number of benzene rings is 2. The Labute approximate surface area is 121 Å². The summed E-state index contributed by atoms with van der Waals surface area (Å²) in [7, 11) is 1.88. The van der Waals surface area contributed by atoms with Crippen LogP contribution in [0.2, 0.25) is 0 Å². The first-order valence-electron chi connectivity index (χ1n) is 6.71. The maximum absolute atomic E-state index is 13.9. The lowest BCUT2D eigenvalue weighted by Crippen LogP contribution is -2.01. The van der Waals surface area contributed by atoms with Crippen molar-refractivity contribution in [1.82, 2.24) is 9.78 Å². The molecule has 3 aromatic rings. The van der Waals surface area contributed by atoms with Crippen molar-refractivity contribution in [3.05, 3.63) is 59.5 Å². The summed E-state index contributed by atoms with van der Waals surface area (Å²) in [4.78, 5) is 0. The zero-order valence-electron chi connectivity index (χ0n) is 11.7. The SMILES string of the molecule is Cn1nc(COc2ccc(CN)cc2F)c2ccccc21. The van der Waals surface area contributed by atoms with Gasteiger partial charge in [0.2, 0.25) is 0 Å². The molecule has 0 saturated heterocycles. The van der Waals surface area contributed by atoms with Crippen molar-refractivity contribution < 1.29 is 9.13 Å². The number of para-hydroxylation sites is 1. The van der Waals surface area contributed by atoms with Crippen molar-refractivity contribution in [2.24, 2.45) is 12.8 Å². The molecule has 108 valence electrons. The fourth-order valence-electron chi connectivity index (χ4n) is 2.33. The molecule has 5 heteroatoms. The molecule has 2 aromatic carbocycles. The summed E-state index contributed by atoms with van der Waals surface area (Å²) in [5.41, 5.74) is 8.03. The molecule has 2 N–H and O–H groups in total. The fourth-order valence-corrected chi connectivity index (χ4v) is 2.33. The fraction of sp³-hybridized carbons (Fsp3) is 0.188. The van der Waals surface area contributed by atoms with Crippen molar-refractivity contribution in [3.63, 3.8) is 0 Å². The van der Waals surface area contributed by atoms with E-state index in [1.165, 1.54) is 6.07 Å². The third-order valence-electron chi connectivity index (χ3n) is 3.43.